The largest absolute Gasteiger partial charge is 0.305 e. The van der Waals surface area contributed by atoms with Crippen LogP contribution in [0.4, 0.5) is 0 Å². The SMILES string of the molecule is Cc1ccc(-c2[c-]cc(-c3ccccc3)cc2)nc1.Cc1cnc(-c2[c-]cc(-c3ccccn3)cc2)cc1C.[2H]C([2H])([2H])c1ccc(-c2[c-]cc(-c3ccccc3)cc2)nc1.[2H]C([2H])([2H])c1cnc(-c2[c-]cccc2)cc1C.[2H]C([2H])([2H])c1cnc(-c2[c-]cccc2)cc1C.[2H]C([2H])([2H])c1cnc(-c2[c-]cccc2)cc1C.[2H]C([2H])([2H])c1cnc(-c2[c-]cccc2)cc1C.[Ir].[Ir].[Ir].[Ir].[c-]1cc(-c2ccccc2)ccc1-c1ccccn1. The fraction of sp³-hybridized carbons (Fsp3) is 0.0976. The van der Waals surface area contributed by atoms with Crippen molar-refractivity contribution >= 4 is 0 Å². The Morgan fingerprint density at radius 3 is 0.684 bits per heavy atom. The molecule has 13 heteroatoms. The summed E-state index contributed by atoms with van der Waals surface area (Å²) >= 11 is 0. The van der Waals surface area contributed by atoms with Gasteiger partial charge in [-0.15, -0.1) is 263 Å². The smallest absolute Gasteiger partial charge is 0.0288 e. The molecule has 0 amide bonds. The van der Waals surface area contributed by atoms with Gasteiger partial charge in [-0.05, 0) is 185 Å². The van der Waals surface area contributed by atoms with E-state index in [1.807, 2.05) is 268 Å². The van der Waals surface area contributed by atoms with Crippen molar-refractivity contribution in [2.24, 2.45) is 0 Å². The second-order valence-corrected chi connectivity index (χ2v) is 30.4. The van der Waals surface area contributed by atoms with E-state index in [2.05, 4.69) is 174 Å². The van der Waals surface area contributed by atoms with Crippen LogP contribution in [0.5, 0.6) is 0 Å². The summed E-state index contributed by atoms with van der Waals surface area (Å²) < 4.78 is 111. The average Bonchev–Trinajstić information content (AvgIpc) is 0.825. The van der Waals surface area contributed by atoms with Crippen LogP contribution in [0.2, 0.25) is 0 Å². The van der Waals surface area contributed by atoms with Gasteiger partial charge < -0.3 is 39.9 Å². The van der Waals surface area contributed by atoms with Crippen LogP contribution in [-0.4, -0.2) is 44.9 Å². The number of aromatic nitrogens is 9. The van der Waals surface area contributed by atoms with E-state index in [1.54, 1.807) is 76.5 Å². The summed E-state index contributed by atoms with van der Waals surface area (Å²) in [6.07, 6.45) is 14.5. The van der Waals surface area contributed by atoms with E-state index in [4.69, 9.17) is 20.6 Å². The van der Waals surface area contributed by atoms with E-state index in [9.17, 15) is 0 Å². The minimum absolute atomic E-state index is 0. The Hall–Kier alpha value is -13.6. The van der Waals surface area contributed by atoms with Crippen LogP contribution < -0.4 is 0 Å². The number of aryl methyl sites for hydroxylation is 12. The summed E-state index contributed by atoms with van der Waals surface area (Å²) in [4.78, 5) is 38.5. The van der Waals surface area contributed by atoms with Gasteiger partial charge in [0.25, 0.3) is 0 Å². The van der Waals surface area contributed by atoms with Gasteiger partial charge in [-0.1, -0.05) is 231 Å². The van der Waals surface area contributed by atoms with Crippen molar-refractivity contribution < 1.29 is 101 Å². The average molecular weight is 2490 g/mol. The number of hydrogen-bond acceptors (Lipinski definition) is 9. The van der Waals surface area contributed by atoms with Crippen LogP contribution in [-0.2, 0) is 80.4 Å². The van der Waals surface area contributed by atoms with E-state index in [-0.39, 0.29) is 86.0 Å². The third-order valence-electron chi connectivity index (χ3n) is 20.7. The Bertz CT molecular complexity index is 7090. The summed E-state index contributed by atoms with van der Waals surface area (Å²) in [5.74, 6) is 0. The normalized spacial score (nSPS) is 12.1. The number of nitrogens with zero attached hydrogens (tertiary/aromatic N) is 9. The zero-order valence-electron chi connectivity index (χ0n) is 90.5. The standard InChI is InChI=1S/C18H15N2.2C18H14N.C17H12N.4C13H12N.4Ir/c1-13-11-18(20-12-14(13)2)16-8-6-15(7-9-16)17-5-3-4-10-19-17;2*1-14-7-12-18(19-13-14)17-10-8-16(9-11-17)15-5-3-2-4-6-15;1-2-6-14(7-3-1)15-9-11-16(12-10-15)17-8-4-5-13-18-17;4*1-10-8-13(14-9-11(10)2)12-6-4-3-5-7-12;;;;/h3-8,10-12H,1-2H3;2*2-10,12-13H,1H3;1-11,13H;4*3-6,8-9H,1-2H3;;;;/q8*-1;;;;/i;1D3;;;4*2D3;;;;. The summed E-state index contributed by atoms with van der Waals surface area (Å²) in [5.41, 5.74) is 31.0. The molecule has 0 aliphatic rings. The van der Waals surface area contributed by atoms with Gasteiger partial charge in [-0.3, -0.25) is 4.98 Å². The maximum Gasteiger partial charge on any atom is 0.0288 e. The molecule has 0 spiro atoms. The molecule has 9 heterocycles. The molecule has 11 aromatic carbocycles. The number of pyridine rings is 9. The second-order valence-electron chi connectivity index (χ2n) is 30.4. The van der Waals surface area contributed by atoms with Crippen molar-refractivity contribution in [3.05, 3.63) is 523 Å². The van der Waals surface area contributed by atoms with Crippen LogP contribution in [0.1, 0.15) is 87.3 Å². The van der Waals surface area contributed by atoms with Crippen molar-refractivity contribution in [3.63, 3.8) is 0 Å². The van der Waals surface area contributed by atoms with Crippen LogP contribution in [0.15, 0.2) is 408 Å². The molecule has 0 bridgehead atoms. The zero-order chi connectivity index (χ0) is 105. The molecule has 0 unspecified atom stereocenters. The van der Waals surface area contributed by atoms with Gasteiger partial charge >= 0.3 is 0 Å². The molecule has 0 aliphatic heterocycles. The van der Waals surface area contributed by atoms with Gasteiger partial charge in [0.2, 0.25) is 0 Å². The minimum atomic E-state index is -2.12. The zero-order valence-corrected chi connectivity index (χ0v) is 85.1. The summed E-state index contributed by atoms with van der Waals surface area (Å²) in [5, 5.41) is 0. The van der Waals surface area contributed by atoms with Gasteiger partial charge in [0.15, 0.2) is 0 Å². The van der Waals surface area contributed by atoms with Crippen LogP contribution >= 0.6 is 0 Å². The molecule has 136 heavy (non-hydrogen) atoms. The van der Waals surface area contributed by atoms with Crippen molar-refractivity contribution in [2.45, 2.75) is 82.7 Å². The predicted octanol–water partition coefficient (Wildman–Crippen LogP) is 30.1. The molecule has 0 atom stereocenters. The van der Waals surface area contributed by atoms with Crippen LogP contribution in [0, 0.1) is 131 Å². The van der Waals surface area contributed by atoms with E-state index in [0.29, 0.717) is 27.9 Å². The van der Waals surface area contributed by atoms with Gasteiger partial charge in [0, 0.05) is 162 Å². The van der Waals surface area contributed by atoms with Gasteiger partial charge in [0.1, 0.15) is 0 Å². The molecule has 20 aromatic rings. The van der Waals surface area contributed by atoms with Crippen molar-refractivity contribution in [1.29, 1.82) is 0 Å². The Morgan fingerprint density at radius 2 is 0.434 bits per heavy atom. The fourth-order valence-corrected chi connectivity index (χ4v) is 13.0. The quantitative estimate of drug-likeness (QED) is 0.110. The van der Waals surface area contributed by atoms with E-state index in [1.165, 1.54) is 69.9 Å². The van der Waals surface area contributed by atoms with Crippen molar-refractivity contribution in [3.8, 4) is 135 Å². The van der Waals surface area contributed by atoms with Gasteiger partial charge in [-0.2, -0.15) is 0 Å². The molecule has 9 aromatic heterocycles. The Balaban J connectivity index is 0.000000191. The molecular weight excluding hydrogens is 2370 g/mol. The van der Waals surface area contributed by atoms with E-state index < -0.39 is 34.3 Å². The molecule has 9 nitrogen and oxygen atoms in total. The fourth-order valence-electron chi connectivity index (χ4n) is 13.0. The first kappa shape index (κ1) is 85.3. The third kappa shape index (κ3) is 32.0. The molecular formula is C123H103Ir4N9-8. The second kappa shape index (κ2) is 55.3. The number of rotatable bonds is 12. The molecule has 0 saturated heterocycles. The molecule has 0 saturated carbocycles. The molecule has 0 aliphatic carbocycles. The van der Waals surface area contributed by atoms with Crippen LogP contribution in [0.25, 0.3) is 135 Å². The summed E-state index contributed by atoms with van der Waals surface area (Å²) in [6, 6.07) is 139. The molecule has 20 rings (SSSR count). The summed E-state index contributed by atoms with van der Waals surface area (Å²) in [6.45, 7) is 2.84. The predicted molar refractivity (Wildman–Crippen MR) is 544 cm³/mol. The number of hydrogen-bond donors (Lipinski definition) is 0. The topological polar surface area (TPSA) is 116 Å². The summed E-state index contributed by atoms with van der Waals surface area (Å²) in [7, 11) is 0. The first-order valence-corrected chi connectivity index (χ1v) is 42.6. The monoisotopic (exact) mass is 2490 g/mol. The first-order chi connectivity index (χ1) is 70.5. The van der Waals surface area contributed by atoms with Crippen molar-refractivity contribution in [2.75, 3.05) is 0 Å². The van der Waals surface area contributed by atoms with Crippen molar-refractivity contribution in [1.82, 2.24) is 44.9 Å². The molecule has 0 fully saturated rings. The van der Waals surface area contributed by atoms with Gasteiger partial charge in [-0.25, -0.2) is 0 Å². The molecule has 0 N–H and O–H groups in total. The Labute approximate surface area is 879 Å². The third-order valence-corrected chi connectivity index (χ3v) is 20.7. The Morgan fingerprint density at radius 1 is 0.176 bits per heavy atom. The van der Waals surface area contributed by atoms with Crippen LogP contribution in [0.3, 0.4) is 0 Å². The molecule has 684 valence electrons. The first-order valence-electron chi connectivity index (χ1n) is 50.1. The van der Waals surface area contributed by atoms with Gasteiger partial charge in [0.05, 0.1) is 0 Å². The minimum Gasteiger partial charge on any atom is -0.305 e. The Kier molecular flexibility index (Phi) is 34.7. The van der Waals surface area contributed by atoms with E-state index in [0.717, 1.165) is 129 Å². The maximum absolute atomic E-state index is 7.37. The molecule has 4 radical (unpaired) electrons. The van der Waals surface area contributed by atoms with E-state index >= 15 is 0 Å². The maximum atomic E-state index is 7.37. The number of benzene rings is 11.